The minimum absolute atomic E-state index is 0.488. The highest BCUT2D eigenvalue weighted by Crippen LogP contribution is 2.29. The molecule has 1 N–H and O–H groups in total. The maximum atomic E-state index is 6.06. The molecule has 2 rings (SSSR count). The third-order valence-corrected chi connectivity index (χ3v) is 4.27. The molecule has 5 heteroatoms. The molecule has 0 atom stereocenters. The number of ether oxygens (including phenoxy) is 1. The Hall–Kier alpha value is -0.740. The highest BCUT2D eigenvalue weighted by atomic mass is 35.5. The zero-order chi connectivity index (χ0) is 14.5. The van der Waals surface area contributed by atoms with E-state index in [0.29, 0.717) is 28.4 Å². The number of hydrogen-bond acceptors (Lipinski definition) is 3. The second-order valence-electron chi connectivity index (χ2n) is 4.77. The summed E-state index contributed by atoms with van der Waals surface area (Å²) in [6.07, 6.45) is 0. The van der Waals surface area contributed by atoms with Gasteiger partial charge < -0.3 is 10.1 Å². The van der Waals surface area contributed by atoms with Gasteiger partial charge in [-0.2, -0.15) is 0 Å². The van der Waals surface area contributed by atoms with Gasteiger partial charge in [-0.05, 0) is 24.3 Å². The van der Waals surface area contributed by atoms with Gasteiger partial charge in [0.1, 0.15) is 12.4 Å². The van der Waals surface area contributed by atoms with E-state index in [9.17, 15) is 0 Å². The molecule has 0 fully saturated rings. The first-order valence-corrected chi connectivity index (χ1v) is 8.00. The Labute approximate surface area is 133 Å². The highest BCUT2D eigenvalue weighted by Gasteiger charge is 2.05. The van der Waals surface area contributed by atoms with Crippen molar-refractivity contribution < 1.29 is 4.74 Å². The molecule has 2 nitrogen and oxygen atoms in total. The second kappa shape index (κ2) is 7.32. The van der Waals surface area contributed by atoms with Gasteiger partial charge in [0.15, 0.2) is 0 Å². The van der Waals surface area contributed by atoms with Crippen LogP contribution < -0.4 is 10.1 Å². The van der Waals surface area contributed by atoms with Gasteiger partial charge >= 0.3 is 0 Å². The SMILES string of the molecule is CC(C)NCc1ccc(COc2cc(Cl)ccc2Cl)s1. The Morgan fingerprint density at radius 2 is 1.90 bits per heavy atom. The van der Waals surface area contributed by atoms with Gasteiger partial charge in [-0.1, -0.05) is 37.0 Å². The molecular formula is C15H17Cl2NOS. The average molecular weight is 330 g/mol. The fraction of sp³-hybridized carbons (Fsp3) is 0.333. The smallest absolute Gasteiger partial charge is 0.139 e. The normalized spacial score (nSPS) is 11.1. The second-order valence-corrected chi connectivity index (χ2v) is 6.86. The van der Waals surface area contributed by atoms with Crippen molar-refractivity contribution in [3.05, 3.63) is 50.1 Å². The zero-order valence-electron chi connectivity index (χ0n) is 11.5. The first-order chi connectivity index (χ1) is 9.54. The Morgan fingerprint density at radius 3 is 2.65 bits per heavy atom. The molecule has 0 amide bonds. The zero-order valence-corrected chi connectivity index (χ0v) is 13.8. The largest absolute Gasteiger partial charge is 0.486 e. The van der Waals surface area contributed by atoms with E-state index in [4.69, 9.17) is 27.9 Å². The lowest BCUT2D eigenvalue weighted by molar-refractivity contribution is 0.310. The first kappa shape index (κ1) is 15.6. The monoisotopic (exact) mass is 329 g/mol. The number of thiophene rings is 1. The molecule has 1 aromatic carbocycles. The van der Waals surface area contributed by atoms with Crippen LogP contribution in [0.5, 0.6) is 5.75 Å². The van der Waals surface area contributed by atoms with Gasteiger partial charge in [0, 0.05) is 33.4 Å². The standard InChI is InChI=1S/C15H17Cl2NOS/c1-10(2)18-8-12-4-5-13(20-12)9-19-15-7-11(16)3-6-14(15)17/h3-7,10,18H,8-9H2,1-2H3. The summed E-state index contributed by atoms with van der Waals surface area (Å²) in [6.45, 7) is 5.67. The number of nitrogens with one attached hydrogen (secondary N) is 1. The fourth-order valence-corrected chi connectivity index (χ4v) is 2.85. The molecule has 0 aliphatic rings. The molecule has 0 aliphatic carbocycles. The molecule has 0 bridgehead atoms. The molecule has 1 aromatic heterocycles. The molecule has 0 saturated heterocycles. The maximum Gasteiger partial charge on any atom is 0.139 e. The fourth-order valence-electron chi connectivity index (χ4n) is 1.64. The molecule has 1 heterocycles. The van der Waals surface area contributed by atoms with Gasteiger partial charge in [-0.25, -0.2) is 0 Å². The molecule has 0 saturated carbocycles. The van der Waals surface area contributed by atoms with E-state index >= 15 is 0 Å². The van der Waals surface area contributed by atoms with Crippen LogP contribution in [0.25, 0.3) is 0 Å². The summed E-state index contributed by atoms with van der Waals surface area (Å²) in [5.41, 5.74) is 0. The predicted octanol–water partition coefficient (Wildman–Crippen LogP) is 5.13. The molecule has 0 aliphatic heterocycles. The minimum atomic E-state index is 0.488. The summed E-state index contributed by atoms with van der Waals surface area (Å²) in [5, 5.41) is 4.60. The summed E-state index contributed by atoms with van der Waals surface area (Å²) < 4.78 is 5.72. The van der Waals surface area contributed by atoms with Crippen LogP contribution in [-0.2, 0) is 13.2 Å². The molecule has 2 aromatic rings. The van der Waals surface area contributed by atoms with Crippen LogP contribution in [-0.4, -0.2) is 6.04 Å². The summed E-state index contributed by atoms with van der Waals surface area (Å²) in [5.74, 6) is 0.620. The van der Waals surface area contributed by atoms with Crippen LogP contribution in [0.2, 0.25) is 10.0 Å². The average Bonchev–Trinajstić information content (AvgIpc) is 2.85. The molecule has 108 valence electrons. The lowest BCUT2D eigenvalue weighted by Crippen LogP contribution is -2.21. The van der Waals surface area contributed by atoms with E-state index in [1.807, 2.05) is 0 Å². The molecule has 0 radical (unpaired) electrons. The third-order valence-electron chi connectivity index (χ3n) is 2.67. The summed E-state index contributed by atoms with van der Waals surface area (Å²) in [7, 11) is 0. The van der Waals surface area contributed by atoms with Crippen molar-refractivity contribution in [2.24, 2.45) is 0 Å². The maximum absolute atomic E-state index is 6.06. The highest BCUT2D eigenvalue weighted by molar-refractivity contribution is 7.11. The van der Waals surface area contributed by atoms with Crippen molar-refractivity contribution >= 4 is 34.5 Å². The lowest BCUT2D eigenvalue weighted by Gasteiger charge is -2.07. The van der Waals surface area contributed by atoms with E-state index < -0.39 is 0 Å². The quantitative estimate of drug-likeness (QED) is 0.792. The number of halogens is 2. The topological polar surface area (TPSA) is 21.3 Å². The van der Waals surface area contributed by atoms with Crippen LogP contribution in [0.1, 0.15) is 23.6 Å². The summed E-state index contributed by atoms with van der Waals surface area (Å²) in [4.78, 5) is 2.47. The van der Waals surface area contributed by atoms with E-state index in [2.05, 4.69) is 31.3 Å². The van der Waals surface area contributed by atoms with Gasteiger partial charge in [-0.15, -0.1) is 11.3 Å². The van der Waals surface area contributed by atoms with Gasteiger partial charge in [0.05, 0.1) is 5.02 Å². The first-order valence-electron chi connectivity index (χ1n) is 6.43. The number of benzene rings is 1. The lowest BCUT2D eigenvalue weighted by atomic mass is 10.3. The molecule has 20 heavy (non-hydrogen) atoms. The van der Waals surface area contributed by atoms with Crippen LogP contribution in [0.15, 0.2) is 30.3 Å². The van der Waals surface area contributed by atoms with Crippen LogP contribution >= 0.6 is 34.5 Å². The summed E-state index contributed by atoms with van der Waals surface area (Å²) in [6, 6.07) is 9.92. The molecule has 0 spiro atoms. The predicted molar refractivity (Wildman–Crippen MR) is 87.1 cm³/mol. The Bertz CT molecular complexity index is 569. The summed E-state index contributed by atoms with van der Waals surface area (Å²) >= 11 is 13.7. The Balaban J connectivity index is 1.92. The third kappa shape index (κ3) is 4.67. The van der Waals surface area contributed by atoms with Gasteiger partial charge in [-0.3, -0.25) is 0 Å². The molecular weight excluding hydrogens is 313 g/mol. The van der Waals surface area contributed by atoms with Crippen LogP contribution in [0, 0.1) is 0 Å². The number of rotatable bonds is 6. The number of hydrogen-bond donors (Lipinski definition) is 1. The van der Waals surface area contributed by atoms with E-state index in [0.717, 1.165) is 6.54 Å². The Morgan fingerprint density at radius 1 is 1.15 bits per heavy atom. The van der Waals surface area contributed by atoms with E-state index in [-0.39, 0.29) is 0 Å². The van der Waals surface area contributed by atoms with Crippen molar-refractivity contribution in [2.45, 2.75) is 33.0 Å². The minimum Gasteiger partial charge on any atom is -0.486 e. The Kier molecular flexibility index (Phi) is 5.73. The van der Waals surface area contributed by atoms with Crippen molar-refractivity contribution in [1.82, 2.24) is 5.32 Å². The van der Waals surface area contributed by atoms with Crippen molar-refractivity contribution in [1.29, 1.82) is 0 Å². The van der Waals surface area contributed by atoms with Crippen molar-refractivity contribution in [2.75, 3.05) is 0 Å². The van der Waals surface area contributed by atoms with E-state index in [1.54, 1.807) is 29.5 Å². The van der Waals surface area contributed by atoms with Gasteiger partial charge in [0.25, 0.3) is 0 Å². The van der Waals surface area contributed by atoms with Gasteiger partial charge in [0.2, 0.25) is 0 Å². The van der Waals surface area contributed by atoms with Crippen molar-refractivity contribution in [3.63, 3.8) is 0 Å². The van der Waals surface area contributed by atoms with Crippen LogP contribution in [0.4, 0.5) is 0 Å². The van der Waals surface area contributed by atoms with Crippen LogP contribution in [0.3, 0.4) is 0 Å². The van der Waals surface area contributed by atoms with Crippen molar-refractivity contribution in [3.8, 4) is 5.75 Å². The van der Waals surface area contributed by atoms with E-state index in [1.165, 1.54) is 9.75 Å². The molecule has 0 unspecified atom stereocenters.